The fraction of sp³-hybridized carbons (Fsp3) is 0.269. The Morgan fingerprint density at radius 3 is 2.38 bits per heavy atom. The molecule has 1 aliphatic heterocycles. The van der Waals surface area contributed by atoms with Crippen molar-refractivity contribution >= 4 is 27.6 Å². The lowest BCUT2D eigenvalue weighted by Crippen LogP contribution is -2.39. The summed E-state index contributed by atoms with van der Waals surface area (Å²) >= 11 is 1.32. The minimum atomic E-state index is -3.91. The highest BCUT2D eigenvalue weighted by atomic mass is 32.2. The van der Waals surface area contributed by atoms with E-state index in [0.717, 1.165) is 5.56 Å². The second-order valence-corrected chi connectivity index (χ2v) is 11.2. The lowest BCUT2D eigenvalue weighted by atomic mass is 9.91. The number of hydrogen-bond acceptors (Lipinski definition) is 5. The molecule has 2 atom stereocenters. The van der Waals surface area contributed by atoms with Gasteiger partial charge in [0.05, 0.1) is 4.90 Å². The molecule has 1 N–H and O–H groups in total. The van der Waals surface area contributed by atoms with Crippen molar-refractivity contribution in [1.29, 1.82) is 0 Å². The molecule has 4 rings (SSSR count). The molecule has 5 nitrogen and oxygen atoms in total. The molecular weight excluding hydrogens is 473 g/mol. The third-order valence-electron chi connectivity index (χ3n) is 5.97. The molecule has 0 aromatic heterocycles. The monoisotopic (exact) mass is 499 g/mol. The van der Waals surface area contributed by atoms with Gasteiger partial charge < -0.3 is 5.11 Å². The number of rotatable bonds is 9. The fourth-order valence-electron chi connectivity index (χ4n) is 4.20. The number of aliphatic hydroxyl groups excluding tert-OH is 1. The highest BCUT2D eigenvalue weighted by Crippen LogP contribution is 2.34. The number of ketones is 1. The first kappa shape index (κ1) is 24.6. The largest absolute Gasteiger partial charge is 0.396 e. The van der Waals surface area contributed by atoms with E-state index >= 15 is 0 Å². The standard InChI is InChI=1S/C26H26FNO4S2/c27-24-9-5-4-8-23(24)20-10-12-22(13-11-20)34(31,32)28-15-17-33-26(28)25(30)18-21(14-16-29)19-6-2-1-3-7-19/h1-13,21,26,29H,14-18H2/t21-,26+/m1/s1. The van der Waals surface area contributed by atoms with Crippen molar-refractivity contribution in [3.63, 3.8) is 0 Å². The van der Waals surface area contributed by atoms with Crippen LogP contribution in [0.1, 0.15) is 24.3 Å². The van der Waals surface area contributed by atoms with Crippen LogP contribution >= 0.6 is 11.8 Å². The van der Waals surface area contributed by atoms with Crippen molar-refractivity contribution in [2.24, 2.45) is 0 Å². The van der Waals surface area contributed by atoms with E-state index in [1.165, 1.54) is 34.3 Å². The van der Waals surface area contributed by atoms with E-state index in [-0.39, 0.29) is 42.0 Å². The first-order valence-corrected chi connectivity index (χ1v) is 13.6. The Morgan fingerprint density at radius 2 is 1.71 bits per heavy atom. The third kappa shape index (κ3) is 5.25. The summed E-state index contributed by atoms with van der Waals surface area (Å²) in [5.74, 6) is -0.199. The van der Waals surface area contributed by atoms with Gasteiger partial charge in [0.25, 0.3) is 0 Å². The predicted molar refractivity (Wildman–Crippen MR) is 132 cm³/mol. The summed E-state index contributed by atoms with van der Waals surface area (Å²) in [4.78, 5) is 13.3. The number of hydrogen-bond donors (Lipinski definition) is 1. The number of thioether (sulfide) groups is 1. The van der Waals surface area contributed by atoms with Crippen LogP contribution in [-0.4, -0.2) is 47.9 Å². The Balaban J connectivity index is 1.53. The Morgan fingerprint density at radius 1 is 1.03 bits per heavy atom. The van der Waals surface area contributed by atoms with Crippen molar-refractivity contribution in [1.82, 2.24) is 4.31 Å². The zero-order valence-electron chi connectivity index (χ0n) is 18.5. The smallest absolute Gasteiger partial charge is 0.244 e. The number of carbonyl (C=O) groups excluding carboxylic acids is 1. The SMILES string of the molecule is O=C(C[C@@H](CCO)c1ccccc1)[C@@H]1SCCN1S(=O)(=O)c1ccc(-c2ccccc2F)cc1. The van der Waals surface area contributed by atoms with Gasteiger partial charge in [-0.25, -0.2) is 12.8 Å². The first-order valence-electron chi connectivity index (χ1n) is 11.1. The summed E-state index contributed by atoms with van der Waals surface area (Å²) in [5, 5.41) is 8.68. The minimum absolute atomic E-state index is 0.0545. The molecule has 1 saturated heterocycles. The Bertz CT molecular complexity index is 1230. The molecule has 8 heteroatoms. The summed E-state index contributed by atoms with van der Waals surface area (Å²) in [7, 11) is -3.91. The maximum absolute atomic E-state index is 14.1. The Hall–Kier alpha value is -2.52. The molecule has 3 aromatic carbocycles. The van der Waals surface area contributed by atoms with E-state index < -0.39 is 15.4 Å². The van der Waals surface area contributed by atoms with Crippen LogP contribution in [0.15, 0.2) is 83.8 Å². The molecule has 0 bridgehead atoms. The fourth-order valence-corrected chi connectivity index (χ4v) is 7.37. The lowest BCUT2D eigenvalue weighted by Gasteiger charge is -2.24. The molecule has 1 fully saturated rings. The minimum Gasteiger partial charge on any atom is -0.396 e. The van der Waals surface area contributed by atoms with Crippen LogP contribution in [-0.2, 0) is 14.8 Å². The average molecular weight is 500 g/mol. The number of nitrogens with zero attached hydrogens (tertiary/aromatic N) is 1. The summed E-state index contributed by atoms with van der Waals surface area (Å²) in [6, 6.07) is 21.9. The van der Waals surface area contributed by atoms with Gasteiger partial charge in [-0.05, 0) is 41.7 Å². The molecule has 3 aromatic rings. The maximum Gasteiger partial charge on any atom is 0.244 e. The molecule has 0 unspecified atom stereocenters. The quantitative estimate of drug-likeness (QED) is 0.463. The first-order chi connectivity index (χ1) is 16.4. The Kier molecular flexibility index (Phi) is 7.83. The normalized spacial score (nSPS) is 17.5. The van der Waals surface area contributed by atoms with Gasteiger partial charge in [-0.3, -0.25) is 4.79 Å². The van der Waals surface area contributed by atoms with Crippen molar-refractivity contribution in [3.05, 3.63) is 90.2 Å². The molecule has 0 radical (unpaired) electrons. The number of halogens is 1. The maximum atomic E-state index is 14.1. The van der Waals surface area contributed by atoms with Gasteiger partial charge in [-0.15, -0.1) is 11.8 Å². The van der Waals surface area contributed by atoms with Gasteiger partial charge in [0, 0.05) is 30.9 Å². The predicted octanol–water partition coefficient (Wildman–Crippen LogP) is 4.68. The summed E-state index contributed by atoms with van der Waals surface area (Å²) in [6.07, 6.45) is 0.581. The van der Waals surface area contributed by atoms with E-state index in [1.807, 2.05) is 30.3 Å². The van der Waals surface area contributed by atoms with Crippen molar-refractivity contribution in [2.45, 2.75) is 29.0 Å². The molecule has 178 valence electrons. The Labute approximate surface area is 203 Å². The molecule has 0 saturated carbocycles. The number of sulfonamides is 1. The molecule has 0 aliphatic carbocycles. The van der Waals surface area contributed by atoms with Gasteiger partial charge in [-0.2, -0.15) is 4.31 Å². The summed E-state index contributed by atoms with van der Waals surface area (Å²) < 4.78 is 42.1. The van der Waals surface area contributed by atoms with Crippen molar-refractivity contribution in [2.75, 3.05) is 18.9 Å². The van der Waals surface area contributed by atoms with Crippen LogP contribution in [0.2, 0.25) is 0 Å². The zero-order valence-corrected chi connectivity index (χ0v) is 20.1. The van der Waals surface area contributed by atoms with Crippen LogP contribution in [0.25, 0.3) is 11.1 Å². The van der Waals surface area contributed by atoms with Crippen LogP contribution in [0, 0.1) is 5.82 Å². The van der Waals surface area contributed by atoms with Crippen molar-refractivity contribution < 1.29 is 22.7 Å². The molecule has 0 amide bonds. The number of carbonyl (C=O) groups is 1. The van der Waals surface area contributed by atoms with Crippen LogP contribution < -0.4 is 0 Å². The second-order valence-electron chi connectivity index (χ2n) is 8.13. The van der Waals surface area contributed by atoms with Crippen LogP contribution in [0.5, 0.6) is 0 Å². The van der Waals surface area contributed by atoms with Gasteiger partial charge >= 0.3 is 0 Å². The molecule has 1 heterocycles. The average Bonchev–Trinajstić information content (AvgIpc) is 3.36. The zero-order chi connectivity index (χ0) is 24.1. The molecule has 0 spiro atoms. The van der Waals surface area contributed by atoms with Gasteiger partial charge in [0.2, 0.25) is 10.0 Å². The number of aliphatic hydroxyl groups is 1. The van der Waals surface area contributed by atoms with Crippen molar-refractivity contribution in [3.8, 4) is 11.1 Å². The van der Waals surface area contributed by atoms with Gasteiger partial charge in [0.1, 0.15) is 11.2 Å². The molecular formula is C26H26FNO4S2. The van der Waals surface area contributed by atoms with Gasteiger partial charge in [0.15, 0.2) is 5.78 Å². The van der Waals surface area contributed by atoms with E-state index in [2.05, 4.69) is 0 Å². The van der Waals surface area contributed by atoms with E-state index in [9.17, 15) is 22.7 Å². The third-order valence-corrected chi connectivity index (χ3v) is 9.23. The van der Waals surface area contributed by atoms with E-state index in [4.69, 9.17) is 0 Å². The van der Waals surface area contributed by atoms with Crippen LogP contribution in [0.4, 0.5) is 4.39 Å². The van der Waals surface area contributed by atoms with E-state index in [1.54, 1.807) is 30.3 Å². The lowest BCUT2D eigenvalue weighted by molar-refractivity contribution is -0.120. The molecule has 1 aliphatic rings. The number of benzene rings is 3. The van der Waals surface area contributed by atoms with Crippen LogP contribution in [0.3, 0.4) is 0 Å². The summed E-state index contributed by atoms with van der Waals surface area (Å²) in [6.45, 7) is 0.190. The van der Waals surface area contributed by atoms with Gasteiger partial charge in [-0.1, -0.05) is 60.7 Å². The number of Topliss-reactive ketones (excluding diaryl/α,β-unsaturated/α-hetero) is 1. The second kappa shape index (κ2) is 10.8. The molecule has 34 heavy (non-hydrogen) atoms. The highest BCUT2D eigenvalue weighted by Gasteiger charge is 2.40. The highest BCUT2D eigenvalue weighted by molar-refractivity contribution is 8.02. The topological polar surface area (TPSA) is 74.7 Å². The summed E-state index contributed by atoms with van der Waals surface area (Å²) in [5.41, 5.74) is 1.92. The van der Waals surface area contributed by atoms with E-state index in [0.29, 0.717) is 23.3 Å².